The first kappa shape index (κ1) is 21.0. The van der Waals surface area contributed by atoms with Gasteiger partial charge in [0.2, 0.25) is 11.8 Å². The van der Waals surface area contributed by atoms with Gasteiger partial charge in [0, 0.05) is 18.5 Å². The van der Waals surface area contributed by atoms with Crippen molar-refractivity contribution in [2.75, 3.05) is 6.54 Å². The first-order chi connectivity index (χ1) is 14.5. The summed E-state index contributed by atoms with van der Waals surface area (Å²) in [6.07, 6.45) is -0.247. The molecule has 1 aliphatic heterocycles. The number of carboxylic acid groups (broad SMARTS) is 1. The Morgan fingerprint density at radius 1 is 1.07 bits per heavy atom. The van der Waals surface area contributed by atoms with Crippen LogP contribution in [0.5, 0.6) is 0 Å². The predicted octanol–water partition coefficient (Wildman–Crippen LogP) is 1.04. The molecule has 3 amide bonds. The molecule has 0 spiro atoms. The summed E-state index contributed by atoms with van der Waals surface area (Å²) in [6, 6.07) is 14.5. The molecule has 0 saturated carbocycles. The lowest BCUT2D eigenvalue weighted by atomic mass is 10.0. The van der Waals surface area contributed by atoms with Gasteiger partial charge in [0.1, 0.15) is 12.6 Å². The van der Waals surface area contributed by atoms with Crippen molar-refractivity contribution < 1.29 is 29.0 Å². The average Bonchev–Trinajstić information content (AvgIpc) is 2.74. The monoisotopic (exact) mass is 409 g/mol. The van der Waals surface area contributed by atoms with Gasteiger partial charge in [0.05, 0.1) is 5.97 Å². The Morgan fingerprint density at radius 2 is 1.77 bits per heavy atom. The molecule has 8 heteroatoms. The van der Waals surface area contributed by atoms with E-state index in [1.165, 1.54) is 11.0 Å². The minimum atomic E-state index is -1.31. The van der Waals surface area contributed by atoms with Gasteiger partial charge in [-0.15, -0.1) is 0 Å². The van der Waals surface area contributed by atoms with Gasteiger partial charge in [0.15, 0.2) is 0 Å². The number of hydrogen-bond acceptors (Lipinski definition) is 6. The molecule has 1 heterocycles. The summed E-state index contributed by atoms with van der Waals surface area (Å²) in [5, 5.41) is 13.6. The molecule has 0 aromatic heterocycles. The highest BCUT2D eigenvalue weighted by molar-refractivity contribution is 6.01. The van der Waals surface area contributed by atoms with E-state index in [0.29, 0.717) is 5.56 Å². The summed E-state index contributed by atoms with van der Waals surface area (Å²) < 4.78 is 5.38. The van der Waals surface area contributed by atoms with Crippen molar-refractivity contribution >= 4 is 23.9 Å². The molecule has 0 bridgehead atoms. The molecule has 1 unspecified atom stereocenters. The molecule has 8 nitrogen and oxygen atoms in total. The minimum absolute atomic E-state index is 0.0263. The number of imide groups is 1. The van der Waals surface area contributed by atoms with E-state index in [0.717, 1.165) is 5.56 Å². The largest absolute Gasteiger partial charge is 0.545 e. The predicted molar refractivity (Wildman–Crippen MR) is 104 cm³/mol. The van der Waals surface area contributed by atoms with Crippen LogP contribution < -0.4 is 10.4 Å². The van der Waals surface area contributed by atoms with Crippen LogP contribution in [0.4, 0.5) is 4.79 Å². The van der Waals surface area contributed by atoms with Crippen LogP contribution in [0.25, 0.3) is 0 Å². The van der Waals surface area contributed by atoms with Crippen molar-refractivity contribution in [3.05, 3.63) is 71.3 Å². The second kappa shape index (κ2) is 9.69. The molecular formula is C22H21N2O6-. The van der Waals surface area contributed by atoms with Crippen molar-refractivity contribution in [1.82, 2.24) is 10.2 Å². The van der Waals surface area contributed by atoms with Crippen molar-refractivity contribution in [3.63, 3.8) is 0 Å². The van der Waals surface area contributed by atoms with Gasteiger partial charge in [-0.3, -0.25) is 19.8 Å². The van der Waals surface area contributed by atoms with Gasteiger partial charge in [-0.25, -0.2) is 4.79 Å². The number of hydrogen-bond donors (Lipinski definition) is 1. The second-order valence-electron chi connectivity index (χ2n) is 6.90. The van der Waals surface area contributed by atoms with Crippen LogP contribution >= 0.6 is 0 Å². The Morgan fingerprint density at radius 3 is 2.47 bits per heavy atom. The fourth-order valence-electron chi connectivity index (χ4n) is 3.33. The summed E-state index contributed by atoms with van der Waals surface area (Å²) in [7, 11) is 0. The van der Waals surface area contributed by atoms with E-state index in [1.807, 2.05) is 18.2 Å². The smallest absolute Gasteiger partial charge is 0.410 e. The van der Waals surface area contributed by atoms with Crippen LogP contribution in [-0.4, -0.2) is 41.4 Å². The Bertz CT molecular complexity index is 944. The fourth-order valence-corrected chi connectivity index (χ4v) is 3.33. The zero-order chi connectivity index (χ0) is 21.5. The lowest BCUT2D eigenvalue weighted by Crippen LogP contribution is -2.54. The van der Waals surface area contributed by atoms with Crippen LogP contribution in [0, 0.1) is 0 Å². The number of nitrogens with one attached hydrogen (secondary N) is 1. The van der Waals surface area contributed by atoms with Crippen LogP contribution in [0.1, 0.15) is 34.3 Å². The Labute approximate surface area is 173 Å². The van der Waals surface area contributed by atoms with E-state index in [4.69, 9.17) is 4.74 Å². The first-order valence-corrected chi connectivity index (χ1v) is 9.56. The van der Waals surface area contributed by atoms with Crippen molar-refractivity contribution in [2.24, 2.45) is 0 Å². The third kappa shape index (κ3) is 5.22. The average molecular weight is 409 g/mol. The van der Waals surface area contributed by atoms with Crippen molar-refractivity contribution in [3.8, 4) is 0 Å². The zero-order valence-corrected chi connectivity index (χ0v) is 16.2. The number of amides is 3. The third-order valence-electron chi connectivity index (χ3n) is 4.89. The number of rotatable bonds is 7. The molecule has 1 aliphatic rings. The molecule has 1 atom stereocenters. The molecule has 1 N–H and O–H groups in total. The van der Waals surface area contributed by atoms with Crippen LogP contribution in [-0.2, 0) is 27.4 Å². The molecule has 1 fully saturated rings. The van der Waals surface area contributed by atoms with Crippen molar-refractivity contribution in [2.45, 2.75) is 31.9 Å². The topological polar surface area (TPSA) is 116 Å². The van der Waals surface area contributed by atoms with Crippen LogP contribution in [0.3, 0.4) is 0 Å². The van der Waals surface area contributed by atoms with E-state index in [9.17, 15) is 24.3 Å². The highest BCUT2D eigenvalue weighted by atomic mass is 16.6. The normalized spacial score (nSPS) is 15.9. The number of piperidine rings is 1. The van der Waals surface area contributed by atoms with E-state index >= 15 is 0 Å². The zero-order valence-electron chi connectivity index (χ0n) is 16.2. The number of nitrogens with zero attached hydrogens (tertiary/aromatic N) is 1. The quantitative estimate of drug-likeness (QED) is 0.683. The maximum absolute atomic E-state index is 12.8. The standard InChI is InChI=1S/C22H22N2O6/c25-19-11-10-18(20(26)23-19)24(22(29)30-14-15-6-2-1-3-7-15)13-12-16-8-4-5-9-17(16)21(27)28/h1-9,18H,10-14H2,(H,27,28)(H,23,25,26)/p-1. The highest BCUT2D eigenvalue weighted by Crippen LogP contribution is 2.17. The van der Waals surface area contributed by atoms with E-state index in [1.54, 1.807) is 30.3 Å². The van der Waals surface area contributed by atoms with E-state index in [-0.39, 0.29) is 38.0 Å². The molecule has 0 aliphatic carbocycles. The summed E-state index contributed by atoms with van der Waals surface area (Å²) in [5.41, 5.74) is 1.29. The SMILES string of the molecule is O=C1CCC(N(CCc2ccccc2C(=O)[O-])C(=O)OCc2ccccc2)C(=O)N1. The number of carbonyl (C=O) groups is 4. The van der Waals surface area contributed by atoms with Gasteiger partial charge in [-0.2, -0.15) is 0 Å². The van der Waals surface area contributed by atoms with Crippen LogP contribution in [0.15, 0.2) is 54.6 Å². The van der Waals surface area contributed by atoms with E-state index < -0.39 is 29.9 Å². The maximum Gasteiger partial charge on any atom is 0.410 e. The molecular weight excluding hydrogens is 388 g/mol. The Kier molecular flexibility index (Phi) is 6.79. The third-order valence-corrected chi connectivity index (χ3v) is 4.89. The second-order valence-corrected chi connectivity index (χ2v) is 6.90. The van der Waals surface area contributed by atoms with Gasteiger partial charge >= 0.3 is 6.09 Å². The van der Waals surface area contributed by atoms with Gasteiger partial charge in [0.25, 0.3) is 0 Å². The van der Waals surface area contributed by atoms with Crippen molar-refractivity contribution in [1.29, 1.82) is 0 Å². The molecule has 3 rings (SSSR count). The number of carbonyl (C=O) groups excluding carboxylic acids is 4. The maximum atomic E-state index is 12.8. The van der Waals surface area contributed by atoms with Gasteiger partial charge in [-0.05, 0) is 24.0 Å². The summed E-state index contributed by atoms with van der Waals surface area (Å²) in [4.78, 5) is 49.2. The van der Waals surface area contributed by atoms with Gasteiger partial charge in [-0.1, -0.05) is 54.6 Å². The fraction of sp³-hybridized carbons (Fsp3) is 0.273. The summed E-state index contributed by atoms with van der Waals surface area (Å²) in [6.45, 7) is 0.0727. The number of carboxylic acids is 1. The molecule has 1 saturated heterocycles. The number of benzene rings is 2. The molecule has 2 aromatic rings. The molecule has 0 radical (unpaired) electrons. The lowest BCUT2D eigenvalue weighted by molar-refractivity contribution is -0.255. The Hall–Kier alpha value is -3.68. The highest BCUT2D eigenvalue weighted by Gasteiger charge is 2.35. The minimum Gasteiger partial charge on any atom is -0.545 e. The molecule has 30 heavy (non-hydrogen) atoms. The van der Waals surface area contributed by atoms with Gasteiger partial charge < -0.3 is 14.6 Å². The lowest BCUT2D eigenvalue weighted by Gasteiger charge is -2.32. The summed E-state index contributed by atoms with van der Waals surface area (Å²) >= 11 is 0. The molecule has 156 valence electrons. The first-order valence-electron chi connectivity index (χ1n) is 9.56. The Balaban J connectivity index is 1.75. The molecule has 2 aromatic carbocycles. The summed E-state index contributed by atoms with van der Waals surface area (Å²) in [5.74, 6) is -2.28. The number of aromatic carboxylic acids is 1. The van der Waals surface area contributed by atoms with E-state index in [2.05, 4.69) is 5.32 Å². The van der Waals surface area contributed by atoms with Crippen LogP contribution in [0.2, 0.25) is 0 Å². The number of ether oxygens (including phenoxy) is 1.